The Balaban J connectivity index is 1.70. The SMILES string of the molecule is Cc1cccc(NCC(O)COCC2CC2)c1C. The van der Waals surface area contributed by atoms with Gasteiger partial charge in [0, 0.05) is 18.8 Å². The topological polar surface area (TPSA) is 41.5 Å². The monoisotopic (exact) mass is 249 g/mol. The van der Waals surface area contributed by atoms with Crippen LogP contribution < -0.4 is 5.32 Å². The average Bonchev–Trinajstić information content (AvgIpc) is 3.15. The summed E-state index contributed by atoms with van der Waals surface area (Å²) in [5.74, 6) is 0.754. The third-order valence-electron chi connectivity index (χ3n) is 3.49. The molecule has 1 unspecified atom stereocenters. The van der Waals surface area contributed by atoms with E-state index in [1.807, 2.05) is 12.1 Å². The third kappa shape index (κ3) is 4.00. The van der Waals surface area contributed by atoms with Gasteiger partial charge in [0.05, 0.1) is 12.7 Å². The van der Waals surface area contributed by atoms with Gasteiger partial charge in [-0.25, -0.2) is 0 Å². The summed E-state index contributed by atoms with van der Waals surface area (Å²) in [5, 5.41) is 13.1. The molecular weight excluding hydrogens is 226 g/mol. The second-order valence-corrected chi connectivity index (χ2v) is 5.26. The van der Waals surface area contributed by atoms with Crippen molar-refractivity contribution in [3.8, 4) is 0 Å². The zero-order valence-corrected chi connectivity index (χ0v) is 11.3. The van der Waals surface area contributed by atoms with Gasteiger partial charge in [0.1, 0.15) is 0 Å². The molecule has 0 radical (unpaired) electrons. The fourth-order valence-electron chi connectivity index (χ4n) is 1.88. The van der Waals surface area contributed by atoms with Crippen molar-refractivity contribution in [1.82, 2.24) is 0 Å². The zero-order valence-electron chi connectivity index (χ0n) is 11.3. The molecule has 100 valence electrons. The van der Waals surface area contributed by atoms with Gasteiger partial charge < -0.3 is 15.2 Å². The molecule has 0 saturated heterocycles. The number of aliphatic hydroxyl groups is 1. The number of hydrogen-bond donors (Lipinski definition) is 2. The second kappa shape index (κ2) is 6.21. The molecule has 1 aromatic carbocycles. The van der Waals surface area contributed by atoms with E-state index in [0.717, 1.165) is 18.2 Å². The van der Waals surface area contributed by atoms with Crippen LogP contribution in [-0.2, 0) is 4.74 Å². The molecule has 0 aromatic heterocycles. The molecule has 0 bridgehead atoms. The lowest BCUT2D eigenvalue weighted by Gasteiger charge is -2.15. The Morgan fingerprint density at radius 3 is 2.89 bits per heavy atom. The van der Waals surface area contributed by atoms with Crippen molar-refractivity contribution in [3.05, 3.63) is 29.3 Å². The minimum atomic E-state index is -0.441. The van der Waals surface area contributed by atoms with Crippen LogP contribution in [0.2, 0.25) is 0 Å². The summed E-state index contributed by atoms with van der Waals surface area (Å²) in [4.78, 5) is 0. The predicted molar refractivity (Wildman–Crippen MR) is 74.0 cm³/mol. The van der Waals surface area contributed by atoms with E-state index in [0.29, 0.717) is 13.2 Å². The Morgan fingerprint density at radius 2 is 2.17 bits per heavy atom. The van der Waals surface area contributed by atoms with Crippen LogP contribution in [0, 0.1) is 19.8 Å². The number of nitrogens with one attached hydrogen (secondary N) is 1. The molecule has 1 fully saturated rings. The fraction of sp³-hybridized carbons (Fsp3) is 0.600. The van der Waals surface area contributed by atoms with Gasteiger partial charge >= 0.3 is 0 Å². The summed E-state index contributed by atoms with van der Waals surface area (Å²) < 4.78 is 5.47. The Hall–Kier alpha value is -1.06. The molecule has 1 atom stereocenters. The van der Waals surface area contributed by atoms with Crippen LogP contribution in [0.4, 0.5) is 5.69 Å². The first-order valence-electron chi connectivity index (χ1n) is 6.72. The highest BCUT2D eigenvalue weighted by Gasteiger charge is 2.21. The van der Waals surface area contributed by atoms with Crippen molar-refractivity contribution in [1.29, 1.82) is 0 Å². The summed E-state index contributed by atoms with van der Waals surface area (Å²) in [6, 6.07) is 6.16. The van der Waals surface area contributed by atoms with Crippen molar-refractivity contribution in [2.45, 2.75) is 32.8 Å². The molecule has 3 nitrogen and oxygen atoms in total. The molecule has 0 spiro atoms. The van der Waals surface area contributed by atoms with Gasteiger partial charge in [-0.15, -0.1) is 0 Å². The van der Waals surface area contributed by atoms with Gasteiger partial charge in [-0.05, 0) is 49.8 Å². The van der Waals surface area contributed by atoms with Crippen LogP contribution in [0.15, 0.2) is 18.2 Å². The molecule has 1 saturated carbocycles. The highest BCUT2D eigenvalue weighted by molar-refractivity contribution is 5.53. The molecule has 1 aliphatic rings. The van der Waals surface area contributed by atoms with Gasteiger partial charge in [0.15, 0.2) is 0 Å². The predicted octanol–water partition coefficient (Wildman–Crippen LogP) is 2.50. The minimum absolute atomic E-state index is 0.425. The van der Waals surface area contributed by atoms with E-state index in [-0.39, 0.29) is 0 Å². The summed E-state index contributed by atoms with van der Waals surface area (Å²) in [6.07, 6.45) is 2.14. The first-order chi connectivity index (χ1) is 8.66. The smallest absolute Gasteiger partial charge is 0.0945 e. The molecule has 2 N–H and O–H groups in total. The van der Waals surface area contributed by atoms with E-state index >= 15 is 0 Å². The summed E-state index contributed by atoms with van der Waals surface area (Å²) in [6.45, 7) is 5.95. The maximum Gasteiger partial charge on any atom is 0.0945 e. The van der Waals surface area contributed by atoms with E-state index in [4.69, 9.17) is 4.74 Å². The number of anilines is 1. The van der Waals surface area contributed by atoms with Gasteiger partial charge in [-0.3, -0.25) is 0 Å². The maximum atomic E-state index is 9.82. The third-order valence-corrected chi connectivity index (χ3v) is 3.49. The van der Waals surface area contributed by atoms with Crippen LogP contribution >= 0.6 is 0 Å². The molecule has 1 aromatic rings. The lowest BCUT2D eigenvalue weighted by Crippen LogP contribution is -2.25. The highest BCUT2D eigenvalue weighted by Crippen LogP contribution is 2.28. The summed E-state index contributed by atoms with van der Waals surface area (Å²) >= 11 is 0. The molecule has 18 heavy (non-hydrogen) atoms. The van der Waals surface area contributed by atoms with Crippen LogP contribution in [0.25, 0.3) is 0 Å². The van der Waals surface area contributed by atoms with E-state index < -0.39 is 6.10 Å². The van der Waals surface area contributed by atoms with Crippen molar-refractivity contribution in [3.63, 3.8) is 0 Å². The molecule has 3 heteroatoms. The van der Waals surface area contributed by atoms with Crippen molar-refractivity contribution < 1.29 is 9.84 Å². The number of hydrogen-bond acceptors (Lipinski definition) is 3. The van der Waals surface area contributed by atoms with Gasteiger partial charge in [0.2, 0.25) is 0 Å². The Bertz CT molecular complexity index is 388. The Morgan fingerprint density at radius 1 is 1.39 bits per heavy atom. The average molecular weight is 249 g/mol. The van der Waals surface area contributed by atoms with E-state index in [1.165, 1.54) is 24.0 Å². The molecule has 0 amide bonds. The minimum Gasteiger partial charge on any atom is -0.389 e. The first-order valence-corrected chi connectivity index (χ1v) is 6.72. The molecule has 0 aliphatic heterocycles. The summed E-state index contributed by atoms with van der Waals surface area (Å²) in [5.41, 5.74) is 3.60. The Kier molecular flexibility index (Phi) is 4.61. The lowest BCUT2D eigenvalue weighted by atomic mass is 10.1. The van der Waals surface area contributed by atoms with Crippen LogP contribution in [0.3, 0.4) is 0 Å². The number of rotatable bonds is 7. The van der Waals surface area contributed by atoms with E-state index in [2.05, 4.69) is 25.2 Å². The molecule has 0 heterocycles. The van der Waals surface area contributed by atoms with Gasteiger partial charge in [0.25, 0.3) is 0 Å². The zero-order chi connectivity index (χ0) is 13.0. The second-order valence-electron chi connectivity index (χ2n) is 5.26. The first kappa shape index (κ1) is 13.4. The lowest BCUT2D eigenvalue weighted by molar-refractivity contribution is 0.0386. The van der Waals surface area contributed by atoms with Gasteiger partial charge in [-0.2, -0.15) is 0 Å². The van der Waals surface area contributed by atoms with Gasteiger partial charge in [-0.1, -0.05) is 12.1 Å². The molecule has 2 rings (SSSR count). The molecule has 1 aliphatic carbocycles. The standard InChI is InChI=1S/C15H23NO2/c1-11-4-3-5-15(12(11)2)16-8-14(17)10-18-9-13-6-7-13/h3-5,13-14,16-17H,6-10H2,1-2H3. The van der Waals surface area contributed by atoms with Crippen molar-refractivity contribution in [2.24, 2.45) is 5.92 Å². The Labute approximate surface area is 109 Å². The quantitative estimate of drug-likeness (QED) is 0.780. The highest BCUT2D eigenvalue weighted by atomic mass is 16.5. The largest absolute Gasteiger partial charge is 0.389 e. The number of ether oxygens (including phenoxy) is 1. The van der Waals surface area contributed by atoms with Crippen molar-refractivity contribution in [2.75, 3.05) is 25.1 Å². The number of aliphatic hydroxyl groups excluding tert-OH is 1. The number of aryl methyl sites for hydroxylation is 1. The van der Waals surface area contributed by atoms with E-state index in [9.17, 15) is 5.11 Å². The van der Waals surface area contributed by atoms with Crippen LogP contribution in [0.5, 0.6) is 0 Å². The van der Waals surface area contributed by atoms with Crippen LogP contribution in [-0.4, -0.2) is 31.0 Å². The normalized spacial score (nSPS) is 16.6. The number of benzene rings is 1. The molecular formula is C15H23NO2. The fourth-order valence-corrected chi connectivity index (χ4v) is 1.88. The maximum absolute atomic E-state index is 9.82. The summed E-state index contributed by atoms with van der Waals surface area (Å²) in [7, 11) is 0. The van der Waals surface area contributed by atoms with E-state index in [1.54, 1.807) is 0 Å². The van der Waals surface area contributed by atoms with Crippen molar-refractivity contribution >= 4 is 5.69 Å². The van der Waals surface area contributed by atoms with Crippen LogP contribution in [0.1, 0.15) is 24.0 Å².